The van der Waals surface area contributed by atoms with Crippen molar-refractivity contribution in [3.8, 4) is 11.5 Å². The Labute approximate surface area is 276 Å². The molecule has 7 rings (SSSR count). The van der Waals surface area contributed by atoms with Crippen molar-refractivity contribution in [2.75, 3.05) is 12.5 Å². The highest BCUT2D eigenvalue weighted by molar-refractivity contribution is 6.36. The second-order valence-electron chi connectivity index (χ2n) is 11.5. The Morgan fingerprint density at radius 2 is 1.67 bits per heavy atom. The summed E-state index contributed by atoms with van der Waals surface area (Å²) >= 11 is 19.4. The number of fused-ring (bicyclic) bond motifs is 4. The first-order valence-corrected chi connectivity index (χ1v) is 15.4. The van der Waals surface area contributed by atoms with Crippen LogP contribution in [0.1, 0.15) is 29.5 Å². The molecule has 0 unspecified atom stereocenters. The van der Waals surface area contributed by atoms with Crippen LogP contribution in [0.25, 0.3) is 0 Å². The second-order valence-corrected chi connectivity index (χ2v) is 12.8. The number of allylic oxidation sites excluding steroid dienone is 2. The number of nitrogens with one attached hydrogen (secondary N) is 1. The van der Waals surface area contributed by atoms with Crippen molar-refractivity contribution in [1.29, 1.82) is 0 Å². The molecule has 2 N–H and O–H groups in total. The number of imide groups is 1. The van der Waals surface area contributed by atoms with Crippen molar-refractivity contribution >= 4 is 52.3 Å². The van der Waals surface area contributed by atoms with Gasteiger partial charge in [-0.15, -0.1) is 0 Å². The smallest absolute Gasteiger partial charge is 0.347 e. The fourth-order valence-electron chi connectivity index (χ4n) is 7.31. The molecule has 3 aromatic carbocycles. The molecule has 1 aromatic heterocycles. The molecule has 3 heterocycles. The van der Waals surface area contributed by atoms with Gasteiger partial charge >= 0.3 is 11.4 Å². The summed E-state index contributed by atoms with van der Waals surface area (Å²) in [4.78, 5) is 56.2. The van der Waals surface area contributed by atoms with E-state index in [-0.39, 0.29) is 34.4 Å². The van der Waals surface area contributed by atoms with E-state index in [2.05, 4.69) is 5.43 Å². The number of anilines is 1. The summed E-state index contributed by atoms with van der Waals surface area (Å²) in [5, 5.41) is 12.0. The lowest BCUT2D eigenvalue weighted by Crippen LogP contribution is -2.53. The van der Waals surface area contributed by atoms with E-state index in [9.17, 15) is 19.5 Å². The minimum Gasteiger partial charge on any atom is -0.508 e. The number of hydrogen-bond donors (Lipinski definition) is 2. The van der Waals surface area contributed by atoms with Crippen LogP contribution in [0, 0.1) is 5.92 Å². The number of carbonyl (C=O) groups excluding carboxylic acids is 2. The summed E-state index contributed by atoms with van der Waals surface area (Å²) in [7, 11) is 2.92. The van der Waals surface area contributed by atoms with Gasteiger partial charge in [0.1, 0.15) is 11.5 Å². The highest BCUT2D eigenvalue weighted by Gasteiger charge is 2.69. The molecule has 2 fully saturated rings. The maximum absolute atomic E-state index is 15.1. The average molecular weight is 683 g/mol. The molecule has 4 aromatic rings. The second kappa shape index (κ2) is 10.8. The molecule has 46 heavy (non-hydrogen) atoms. The Morgan fingerprint density at radius 1 is 0.935 bits per heavy atom. The van der Waals surface area contributed by atoms with Crippen LogP contribution < -0.4 is 21.5 Å². The van der Waals surface area contributed by atoms with Gasteiger partial charge in [-0.25, -0.2) is 23.5 Å². The topological polar surface area (TPSA) is 128 Å². The van der Waals surface area contributed by atoms with Crippen LogP contribution in [0.2, 0.25) is 15.1 Å². The van der Waals surface area contributed by atoms with Crippen molar-refractivity contribution < 1.29 is 19.4 Å². The number of amides is 2. The number of aromatic nitrogens is 3. The number of carbonyl (C=O) groups is 2. The molecule has 0 spiro atoms. The lowest BCUT2D eigenvalue weighted by atomic mass is 9.53. The number of rotatable bonds is 5. The Hall–Kier alpha value is -4.45. The summed E-state index contributed by atoms with van der Waals surface area (Å²) in [6, 6.07) is 15.2. The average Bonchev–Trinajstić information content (AvgIpc) is 3.39. The molecule has 11 nitrogen and oxygen atoms in total. The van der Waals surface area contributed by atoms with Gasteiger partial charge in [-0.2, -0.15) is 5.01 Å². The standard InChI is InChI=1S/C32H26Cl3N5O6/c1-37-30(44)38-12-11-21-26(40(38)31(37)45)15-22-28(42)39(36-25-10-5-17(33)13-24(25)35)29(43)32(22,16-3-7-19(46-2)8-4-16)27(21)20-9-6-18(41)14-23(20)34/h3-11,13-14,22,26-27,36,41H,12,15H2,1-2H3/t22-,26+,27-,32+/m0/s1. The van der Waals surface area contributed by atoms with E-state index in [4.69, 9.17) is 39.5 Å². The van der Waals surface area contributed by atoms with Crippen molar-refractivity contribution in [2.45, 2.75) is 30.3 Å². The van der Waals surface area contributed by atoms with Crippen LogP contribution in [0.15, 0.2) is 81.9 Å². The molecule has 14 heteroatoms. The van der Waals surface area contributed by atoms with Gasteiger partial charge in [-0.05, 0) is 65.6 Å². The van der Waals surface area contributed by atoms with Crippen molar-refractivity contribution in [3.05, 3.63) is 119 Å². The maximum Gasteiger partial charge on any atom is 0.347 e. The van der Waals surface area contributed by atoms with Gasteiger partial charge < -0.3 is 9.84 Å². The van der Waals surface area contributed by atoms with Crippen LogP contribution in [-0.4, -0.2) is 43.0 Å². The largest absolute Gasteiger partial charge is 0.508 e. The SMILES string of the molecule is COc1ccc([C@@]23C(=O)N(Nc4ccc(Cl)cc4Cl)C(=O)[C@@H]2C[C@@H]2C(=CCn4c(=O)n(C)c(=O)n42)[C@@H]3c2ccc(O)cc2Cl)cc1. The minimum absolute atomic E-state index is 0.0184. The number of ether oxygens (including phenoxy) is 1. The van der Waals surface area contributed by atoms with E-state index < -0.39 is 46.5 Å². The lowest BCUT2D eigenvalue weighted by molar-refractivity contribution is -0.138. The summed E-state index contributed by atoms with van der Waals surface area (Å²) in [6.07, 6.45) is 1.84. The molecule has 4 atom stereocenters. The first kappa shape index (κ1) is 30.2. The van der Waals surface area contributed by atoms with Crippen molar-refractivity contribution in [1.82, 2.24) is 18.9 Å². The van der Waals surface area contributed by atoms with Gasteiger partial charge in [-0.1, -0.05) is 59.1 Å². The van der Waals surface area contributed by atoms with Crippen molar-refractivity contribution in [2.24, 2.45) is 13.0 Å². The third kappa shape index (κ3) is 4.18. The van der Waals surface area contributed by atoms with E-state index in [1.807, 2.05) is 6.08 Å². The van der Waals surface area contributed by atoms with Crippen LogP contribution in [-0.2, 0) is 28.6 Å². The Bertz CT molecular complexity index is 2100. The number of aromatic hydroxyl groups is 1. The third-order valence-corrected chi connectivity index (χ3v) is 10.2. The monoisotopic (exact) mass is 681 g/mol. The molecule has 0 bridgehead atoms. The van der Waals surface area contributed by atoms with E-state index in [0.717, 1.165) is 9.58 Å². The number of hydrogen-bond acceptors (Lipinski definition) is 7. The number of methoxy groups -OCH3 is 1. The highest BCUT2D eigenvalue weighted by atomic mass is 35.5. The zero-order valence-electron chi connectivity index (χ0n) is 24.4. The summed E-state index contributed by atoms with van der Waals surface area (Å²) in [6.45, 7) is 0.0563. The van der Waals surface area contributed by atoms with E-state index in [1.54, 1.807) is 42.5 Å². The maximum atomic E-state index is 15.1. The molecule has 2 aliphatic heterocycles. The number of phenols is 1. The van der Waals surface area contributed by atoms with Crippen LogP contribution in [0.4, 0.5) is 5.69 Å². The number of halogens is 3. The highest BCUT2D eigenvalue weighted by Crippen LogP contribution is 2.62. The zero-order valence-corrected chi connectivity index (χ0v) is 26.7. The number of nitrogens with zero attached hydrogens (tertiary/aromatic N) is 4. The van der Waals surface area contributed by atoms with Gasteiger partial charge in [0.25, 0.3) is 11.8 Å². The molecular weight excluding hydrogens is 657 g/mol. The molecule has 236 valence electrons. The van der Waals surface area contributed by atoms with Crippen LogP contribution in [0.3, 0.4) is 0 Å². The van der Waals surface area contributed by atoms with Gasteiger partial charge in [0, 0.05) is 23.0 Å². The Morgan fingerprint density at radius 3 is 2.35 bits per heavy atom. The van der Waals surface area contributed by atoms with E-state index in [0.29, 0.717) is 27.5 Å². The molecule has 1 saturated carbocycles. The van der Waals surface area contributed by atoms with Gasteiger partial charge in [0.2, 0.25) is 0 Å². The number of benzene rings is 3. The van der Waals surface area contributed by atoms with Crippen LogP contribution >= 0.6 is 34.8 Å². The zero-order chi connectivity index (χ0) is 32.7. The predicted octanol–water partition coefficient (Wildman–Crippen LogP) is 4.64. The van der Waals surface area contributed by atoms with Crippen LogP contribution in [0.5, 0.6) is 11.5 Å². The Kier molecular flexibility index (Phi) is 7.11. The molecule has 1 aliphatic carbocycles. The third-order valence-electron chi connectivity index (χ3n) is 9.33. The molecular formula is C32H26Cl3N5O6. The molecule has 0 radical (unpaired) electrons. The lowest BCUT2D eigenvalue weighted by Gasteiger charge is -2.49. The molecule has 2 amide bonds. The quantitative estimate of drug-likeness (QED) is 0.232. The van der Waals surface area contributed by atoms with Crippen molar-refractivity contribution in [3.63, 3.8) is 0 Å². The summed E-state index contributed by atoms with van der Waals surface area (Å²) < 4.78 is 9.11. The predicted molar refractivity (Wildman–Crippen MR) is 172 cm³/mol. The summed E-state index contributed by atoms with van der Waals surface area (Å²) in [5.41, 5.74) is 2.19. The normalized spacial score (nSPS) is 23.5. The fraction of sp³-hybridized carbons (Fsp3) is 0.250. The minimum atomic E-state index is -1.58. The fourth-order valence-corrected chi connectivity index (χ4v) is 8.04. The van der Waals surface area contributed by atoms with E-state index in [1.165, 1.54) is 41.7 Å². The van der Waals surface area contributed by atoms with Gasteiger partial charge in [0.15, 0.2) is 0 Å². The number of hydrazine groups is 1. The molecule has 3 aliphatic rings. The molecule has 1 saturated heterocycles. The summed E-state index contributed by atoms with van der Waals surface area (Å²) in [5.74, 6) is -2.63. The first-order chi connectivity index (χ1) is 22.0. The Balaban J connectivity index is 1.52. The van der Waals surface area contributed by atoms with Gasteiger partial charge in [0.05, 0.1) is 41.7 Å². The first-order valence-electron chi connectivity index (χ1n) is 14.3. The van der Waals surface area contributed by atoms with E-state index >= 15 is 4.79 Å². The van der Waals surface area contributed by atoms with Gasteiger partial charge in [-0.3, -0.25) is 15.0 Å². The number of phenolic OH excluding ortho intramolecular Hbond substituents is 1.